The minimum atomic E-state index is -0.146. The van der Waals surface area contributed by atoms with Gasteiger partial charge in [-0.25, -0.2) is 0 Å². The first-order valence-electron chi connectivity index (χ1n) is 5.31. The van der Waals surface area contributed by atoms with Crippen LogP contribution >= 0.6 is 0 Å². The van der Waals surface area contributed by atoms with Crippen LogP contribution in [0.3, 0.4) is 0 Å². The van der Waals surface area contributed by atoms with E-state index < -0.39 is 0 Å². The van der Waals surface area contributed by atoms with Gasteiger partial charge in [0.2, 0.25) is 0 Å². The van der Waals surface area contributed by atoms with Gasteiger partial charge in [-0.05, 0) is 19.9 Å². The van der Waals surface area contributed by atoms with Crippen LogP contribution in [0, 0.1) is 0 Å². The van der Waals surface area contributed by atoms with Crippen LogP contribution in [0.4, 0.5) is 0 Å². The van der Waals surface area contributed by atoms with E-state index >= 15 is 0 Å². The van der Waals surface area contributed by atoms with Crippen LogP contribution in [0.15, 0.2) is 0 Å². The molecule has 4 heteroatoms. The summed E-state index contributed by atoms with van der Waals surface area (Å²) in [6.45, 7) is 3.64. The smallest absolute Gasteiger partial charge is 0.0680 e. The summed E-state index contributed by atoms with van der Waals surface area (Å²) >= 11 is 0. The van der Waals surface area contributed by atoms with Gasteiger partial charge in [-0.3, -0.25) is 0 Å². The highest BCUT2D eigenvalue weighted by atomic mass is 16.5. The minimum absolute atomic E-state index is 0.146. The average Bonchev–Trinajstić information content (AvgIpc) is 2.52. The van der Waals surface area contributed by atoms with E-state index in [2.05, 4.69) is 17.3 Å². The molecule has 1 aliphatic heterocycles. The predicted octanol–water partition coefficient (Wildman–Crippen LogP) is -0.322. The largest absolute Gasteiger partial charge is 0.392 e. The zero-order valence-electron chi connectivity index (χ0n) is 9.20. The van der Waals surface area contributed by atoms with Crippen molar-refractivity contribution in [3.8, 4) is 0 Å². The highest BCUT2D eigenvalue weighted by Gasteiger charge is 2.22. The Bertz CT molecular complexity index is 155. The molecule has 0 saturated carbocycles. The maximum absolute atomic E-state index is 9.33. The second kappa shape index (κ2) is 6.35. The molecular weight excluding hydrogens is 180 g/mol. The first-order valence-corrected chi connectivity index (χ1v) is 5.31. The van der Waals surface area contributed by atoms with Crippen molar-refractivity contribution in [1.82, 2.24) is 10.2 Å². The molecule has 2 unspecified atom stereocenters. The first-order chi connectivity index (χ1) is 6.72. The van der Waals surface area contributed by atoms with Crippen molar-refractivity contribution in [1.29, 1.82) is 0 Å². The summed E-state index contributed by atoms with van der Waals surface area (Å²) in [5, 5.41) is 12.6. The molecule has 0 bridgehead atoms. The zero-order valence-corrected chi connectivity index (χ0v) is 9.20. The lowest BCUT2D eigenvalue weighted by molar-refractivity contribution is 0.173. The van der Waals surface area contributed by atoms with Crippen LogP contribution in [-0.4, -0.2) is 62.6 Å². The molecule has 2 N–H and O–H groups in total. The third kappa shape index (κ3) is 4.37. The lowest BCUT2D eigenvalue weighted by atomic mass is 10.2. The third-order valence-electron chi connectivity index (χ3n) is 2.62. The highest BCUT2D eigenvalue weighted by Crippen LogP contribution is 2.07. The van der Waals surface area contributed by atoms with Gasteiger partial charge < -0.3 is 20.1 Å². The maximum Gasteiger partial charge on any atom is 0.0680 e. The molecule has 0 aliphatic carbocycles. The second-order valence-electron chi connectivity index (χ2n) is 4.10. The van der Waals surface area contributed by atoms with Crippen molar-refractivity contribution in [2.45, 2.75) is 25.0 Å². The van der Waals surface area contributed by atoms with E-state index in [1.807, 2.05) is 0 Å². The molecule has 0 aromatic rings. The van der Waals surface area contributed by atoms with Crippen molar-refractivity contribution in [3.05, 3.63) is 0 Å². The minimum Gasteiger partial charge on any atom is -0.392 e. The van der Waals surface area contributed by atoms with Gasteiger partial charge in [0, 0.05) is 39.4 Å². The Hall–Kier alpha value is -0.160. The molecule has 0 radical (unpaired) electrons. The molecule has 14 heavy (non-hydrogen) atoms. The first kappa shape index (κ1) is 11.9. The number of hydrogen-bond acceptors (Lipinski definition) is 4. The van der Waals surface area contributed by atoms with E-state index in [4.69, 9.17) is 4.74 Å². The van der Waals surface area contributed by atoms with Crippen LogP contribution in [0.1, 0.15) is 12.8 Å². The summed E-state index contributed by atoms with van der Waals surface area (Å²) in [5.74, 6) is 0. The van der Waals surface area contributed by atoms with Crippen molar-refractivity contribution in [2.24, 2.45) is 0 Å². The number of nitrogens with one attached hydrogen (secondary N) is 1. The standard InChI is InChI=1S/C10H22N2O2/c1-12(4-3-5-14-2)8-9-6-10(13)7-11-9/h9-11,13H,3-8H2,1-2H3. The van der Waals surface area contributed by atoms with Crippen molar-refractivity contribution < 1.29 is 9.84 Å². The van der Waals surface area contributed by atoms with E-state index in [1.165, 1.54) is 0 Å². The Labute approximate surface area is 86.2 Å². The molecule has 1 heterocycles. The van der Waals surface area contributed by atoms with Crippen LogP contribution < -0.4 is 5.32 Å². The fraction of sp³-hybridized carbons (Fsp3) is 1.00. The molecule has 2 atom stereocenters. The normalized spacial score (nSPS) is 27.4. The van der Waals surface area contributed by atoms with Crippen molar-refractivity contribution in [2.75, 3.05) is 40.4 Å². The maximum atomic E-state index is 9.33. The van der Waals surface area contributed by atoms with Crippen LogP contribution in [0.5, 0.6) is 0 Å². The van der Waals surface area contributed by atoms with Crippen molar-refractivity contribution in [3.63, 3.8) is 0 Å². The van der Waals surface area contributed by atoms with Gasteiger partial charge in [0.25, 0.3) is 0 Å². The number of nitrogens with zero attached hydrogens (tertiary/aromatic N) is 1. The SMILES string of the molecule is COCCCN(C)CC1CC(O)CN1. The zero-order chi connectivity index (χ0) is 10.4. The molecule has 1 fully saturated rings. The topological polar surface area (TPSA) is 44.7 Å². The summed E-state index contributed by atoms with van der Waals surface area (Å²) in [6.07, 6.45) is 1.81. The van der Waals surface area contributed by atoms with Crippen LogP contribution in [0.2, 0.25) is 0 Å². The fourth-order valence-electron chi connectivity index (χ4n) is 1.88. The molecular formula is C10H22N2O2. The molecule has 84 valence electrons. The van der Waals surface area contributed by atoms with Crippen LogP contribution in [-0.2, 0) is 4.74 Å². The van der Waals surface area contributed by atoms with Gasteiger partial charge in [-0.2, -0.15) is 0 Å². The Morgan fingerprint density at radius 1 is 1.57 bits per heavy atom. The average molecular weight is 202 g/mol. The number of ether oxygens (including phenoxy) is 1. The summed E-state index contributed by atoms with van der Waals surface area (Å²) in [7, 11) is 3.84. The van der Waals surface area contributed by atoms with Gasteiger partial charge in [0.15, 0.2) is 0 Å². The number of likely N-dealkylation sites (N-methyl/N-ethyl adjacent to an activating group) is 1. The third-order valence-corrected chi connectivity index (χ3v) is 2.62. The summed E-state index contributed by atoms with van der Waals surface area (Å²) in [5.41, 5.74) is 0. The van der Waals surface area contributed by atoms with E-state index in [9.17, 15) is 5.11 Å². The van der Waals surface area contributed by atoms with Gasteiger partial charge >= 0.3 is 0 Å². The molecule has 0 amide bonds. The predicted molar refractivity (Wildman–Crippen MR) is 56.4 cm³/mol. The van der Waals surface area contributed by atoms with Gasteiger partial charge in [-0.15, -0.1) is 0 Å². The molecule has 0 spiro atoms. The fourth-order valence-corrected chi connectivity index (χ4v) is 1.88. The number of rotatable bonds is 6. The van der Waals surface area contributed by atoms with Gasteiger partial charge in [0.05, 0.1) is 6.10 Å². The lowest BCUT2D eigenvalue weighted by Crippen LogP contribution is -2.35. The van der Waals surface area contributed by atoms with E-state index in [1.54, 1.807) is 7.11 Å². The molecule has 1 aliphatic rings. The lowest BCUT2D eigenvalue weighted by Gasteiger charge is -2.20. The van der Waals surface area contributed by atoms with E-state index in [0.717, 1.165) is 39.1 Å². The Kier molecular flexibility index (Phi) is 5.40. The Morgan fingerprint density at radius 2 is 2.36 bits per heavy atom. The Morgan fingerprint density at radius 3 is 2.93 bits per heavy atom. The Balaban J connectivity index is 2.05. The van der Waals surface area contributed by atoms with Gasteiger partial charge in [-0.1, -0.05) is 0 Å². The van der Waals surface area contributed by atoms with E-state index in [0.29, 0.717) is 6.04 Å². The van der Waals surface area contributed by atoms with Gasteiger partial charge in [0.1, 0.15) is 0 Å². The number of aliphatic hydroxyl groups excluding tert-OH is 1. The monoisotopic (exact) mass is 202 g/mol. The molecule has 1 rings (SSSR count). The number of hydrogen-bond donors (Lipinski definition) is 2. The molecule has 1 saturated heterocycles. The van der Waals surface area contributed by atoms with E-state index in [-0.39, 0.29) is 6.10 Å². The number of β-amino-alcohol motifs (C(OH)–C–C–N with tert-alkyl or cyclic N) is 1. The summed E-state index contributed by atoms with van der Waals surface area (Å²) < 4.78 is 5.00. The molecule has 4 nitrogen and oxygen atoms in total. The van der Waals surface area contributed by atoms with Crippen molar-refractivity contribution >= 4 is 0 Å². The summed E-state index contributed by atoms with van der Waals surface area (Å²) in [4.78, 5) is 2.29. The number of methoxy groups -OCH3 is 1. The number of aliphatic hydroxyl groups is 1. The highest BCUT2D eigenvalue weighted by molar-refractivity contribution is 4.82. The molecule has 0 aromatic carbocycles. The molecule has 0 aromatic heterocycles. The van der Waals surface area contributed by atoms with Crippen LogP contribution in [0.25, 0.3) is 0 Å². The second-order valence-corrected chi connectivity index (χ2v) is 4.10. The summed E-state index contributed by atoms with van der Waals surface area (Å²) in [6, 6.07) is 0.456. The quantitative estimate of drug-likeness (QED) is 0.579.